The quantitative estimate of drug-likeness (QED) is 0.271. The minimum absolute atomic E-state index is 0.0141. The molecule has 9 nitrogen and oxygen atoms in total. The van der Waals surface area contributed by atoms with Gasteiger partial charge in [-0.15, -0.1) is 0 Å². The van der Waals surface area contributed by atoms with Gasteiger partial charge >= 0.3 is 6.18 Å². The molecular weight excluding hydrogens is 531 g/mol. The number of Topliss-reactive ketones (excluding diaryl/α,β-unsaturated/α-hetero) is 2. The molecule has 5 atom stereocenters. The molecule has 4 aliphatic rings. The van der Waals surface area contributed by atoms with Gasteiger partial charge in [0.1, 0.15) is 22.8 Å². The van der Waals surface area contributed by atoms with Gasteiger partial charge in [-0.2, -0.15) is 13.2 Å². The molecule has 1 aromatic carbocycles. The van der Waals surface area contributed by atoms with Crippen LogP contribution in [0, 0.1) is 17.8 Å². The molecule has 0 aromatic heterocycles. The number of amides is 1. The highest BCUT2D eigenvalue weighted by atomic mass is 19.4. The molecule has 3 aliphatic carbocycles. The minimum atomic E-state index is -4.81. The first-order valence-corrected chi connectivity index (χ1v) is 13.4. The number of ketones is 2. The van der Waals surface area contributed by atoms with Crippen molar-refractivity contribution in [3.63, 3.8) is 0 Å². The fraction of sp³-hybridized carbons (Fsp3) is 0.536. The molecule has 0 bridgehead atoms. The maximum atomic E-state index is 14.6. The molecule has 1 aromatic rings. The van der Waals surface area contributed by atoms with Gasteiger partial charge in [0.05, 0.1) is 23.1 Å². The average Bonchev–Trinajstić information content (AvgIpc) is 3.37. The number of fused-ring (bicyclic) bond motifs is 3. The fourth-order valence-electron chi connectivity index (χ4n) is 7.33. The van der Waals surface area contributed by atoms with Crippen LogP contribution in [0.4, 0.5) is 13.2 Å². The Morgan fingerprint density at radius 2 is 1.90 bits per heavy atom. The van der Waals surface area contributed by atoms with Crippen LogP contribution in [0.15, 0.2) is 23.0 Å². The second kappa shape index (κ2) is 9.91. The number of benzene rings is 1. The number of aliphatic hydroxyl groups excluding tert-OH is 2. The molecule has 4 unspecified atom stereocenters. The van der Waals surface area contributed by atoms with Crippen LogP contribution in [0.25, 0.3) is 5.76 Å². The number of alkyl halides is 3. The minimum Gasteiger partial charge on any atom is -0.510 e. The number of rotatable bonds is 5. The maximum absolute atomic E-state index is 14.6. The Balaban J connectivity index is 1.69. The lowest BCUT2D eigenvalue weighted by atomic mass is 9.59. The third-order valence-corrected chi connectivity index (χ3v) is 8.81. The molecule has 1 amide bonds. The predicted octanol–water partition coefficient (Wildman–Crippen LogP) is 3.07. The molecule has 40 heavy (non-hydrogen) atoms. The van der Waals surface area contributed by atoms with E-state index in [1.54, 1.807) is 11.9 Å². The normalized spacial score (nSPS) is 28.6. The van der Waals surface area contributed by atoms with E-state index in [1.807, 2.05) is 6.92 Å². The Kier molecular flexibility index (Phi) is 6.98. The number of carbonyl (C=O) groups is 3. The van der Waals surface area contributed by atoms with Crippen molar-refractivity contribution >= 4 is 23.2 Å². The Labute approximate surface area is 228 Å². The summed E-state index contributed by atoms with van der Waals surface area (Å²) < 4.78 is 43.8. The summed E-state index contributed by atoms with van der Waals surface area (Å²) in [5, 5.41) is 36.2. The zero-order valence-corrected chi connectivity index (χ0v) is 22.1. The van der Waals surface area contributed by atoms with Crippen LogP contribution in [-0.2, 0) is 27.0 Å². The average molecular weight is 564 g/mol. The van der Waals surface area contributed by atoms with Crippen molar-refractivity contribution in [2.45, 2.75) is 57.3 Å². The highest BCUT2D eigenvalue weighted by Crippen LogP contribution is 2.53. The van der Waals surface area contributed by atoms with Crippen molar-refractivity contribution < 1.29 is 42.9 Å². The first-order chi connectivity index (χ1) is 18.8. The van der Waals surface area contributed by atoms with E-state index in [1.165, 1.54) is 0 Å². The van der Waals surface area contributed by atoms with Crippen LogP contribution in [0.2, 0.25) is 0 Å². The lowest BCUT2D eigenvalue weighted by molar-refractivity contribution is -0.139. The lowest BCUT2D eigenvalue weighted by Crippen LogP contribution is -2.56. The highest BCUT2D eigenvalue weighted by Gasteiger charge is 2.56. The van der Waals surface area contributed by atoms with Gasteiger partial charge in [-0.3, -0.25) is 19.3 Å². The summed E-state index contributed by atoms with van der Waals surface area (Å²) in [7, 11) is 1.65. The number of likely N-dealkylation sites (N-methyl/N-ethyl adjacent to an activating group) is 1. The van der Waals surface area contributed by atoms with Crippen molar-refractivity contribution in [1.29, 1.82) is 0 Å². The molecule has 6 N–H and O–H groups in total. The topological polar surface area (TPSA) is 153 Å². The van der Waals surface area contributed by atoms with Crippen LogP contribution in [-0.4, -0.2) is 63.9 Å². The number of nitrogens with two attached hydrogens (primary N) is 1. The van der Waals surface area contributed by atoms with Gasteiger partial charge < -0.3 is 26.4 Å². The number of halogens is 3. The third kappa shape index (κ3) is 4.19. The monoisotopic (exact) mass is 563 g/mol. The van der Waals surface area contributed by atoms with E-state index in [4.69, 9.17) is 5.73 Å². The Morgan fingerprint density at radius 3 is 2.48 bits per heavy atom. The smallest absolute Gasteiger partial charge is 0.417 e. The second-order valence-electron chi connectivity index (χ2n) is 11.2. The number of phenols is 1. The number of carbonyl (C=O) groups excluding carboxylic acids is 3. The van der Waals surface area contributed by atoms with Gasteiger partial charge in [0.15, 0.2) is 11.6 Å². The zero-order chi connectivity index (χ0) is 29.3. The van der Waals surface area contributed by atoms with Crippen LogP contribution in [0.1, 0.15) is 60.9 Å². The number of aliphatic hydroxyl groups is 2. The van der Waals surface area contributed by atoms with Crippen molar-refractivity contribution in [3.05, 3.63) is 45.2 Å². The number of allylic oxidation sites excluding steroid dienone is 1. The van der Waals surface area contributed by atoms with Crippen LogP contribution in [0.3, 0.4) is 0 Å². The predicted molar refractivity (Wildman–Crippen MR) is 137 cm³/mol. The molecule has 0 spiro atoms. The molecule has 216 valence electrons. The van der Waals surface area contributed by atoms with Crippen molar-refractivity contribution in [1.82, 2.24) is 10.2 Å². The number of hydrogen-bond acceptors (Lipinski definition) is 8. The van der Waals surface area contributed by atoms with Crippen molar-refractivity contribution in [2.24, 2.45) is 23.5 Å². The lowest BCUT2D eigenvalue weighted by Gasteiger charge is -2.47. The SMILES string of the molecule is CCCN(C)[C@@H]1C(O)=C(C(N)=O)C(=O)C2C(=O)C3=C(O)c4c(O)cc(C5CCCN5)c(C(F)(F)F)c4CC3CC21. The Hall–Kier alpha value is -3.38. The number of nitrogens with one attached hydrogen (secondary N) is 1. The first kappa shape index (κ1) is 28.2. The highest BCUT2D eigenvalue weighted by molar-refractivity contribution is 6.28. The molecule has 0 radical (unpaired) electrons. The molecule has 12 heteroatoms. The summed E-state index contributed by atoms with van der Waals surface area (Å²) in [4.78, 5) is 41.1. The summed E-state index contributed by atoms with van der Waals surface area (Å²) in [5.74, 6) is -8.21. The largest absolute Gasteiger partial charge is 0.510 e. The van der Waals surface area contributed by atoms with E-state index in [0.717, 1.165) is 6.07 Å². The van der Waals surface area contributed by atoms with E-state index in [9.17, 15) is 42.9 Å². The first-order valence-electron chi connectivity index (χ1n) is 13.4. The summed E-state index contributed by atoms with van der Waals surface area (Å²) in [6.07, 6.45) is -3.38. The van der Waals surface area contributed by atoms with Crippen LogP contribution >= 0.6 is 0 Å². The van der Waals surface area contributed by atoms with Crippen LogP contribution in [0.5, 0.6) is 5.75 Å². The molecule has 2 fully saturated rings. The summed E-state index contributed by atoms with van der Waals surface area (Å²) >= 11 is 0. The standard InChI is InChI=1S/C28H32F3N3O6/c1-3-7-34(2)22-14-9-11-8-13-18(16(35)10-12(15-5-4-6-33-15)21(13)28(29,30)31)23(36)17(11)24(37)19(14)25(38)20(26(22)39)27(32)40/h10-11,14-15,19,22,33,35-36,39H,3-9H2,1-2H3,(H2,32,40)/t11?,14?,15?,19?,22-/m0/s1. The summed E-state index contributed by atoms with van der Waals surface area (Å²) in [6, 6.07) is -0.593. The Morgan fingerprint density at radius 1 is 1.20 bits per heavy atom. The van der Waals surface area contributed by atoms with Crippen molar-refractivity contribution in [3.8, 4) is 5.75 Å². The maximum Gasteiger partial charge on any atom is 0.417 e. The van der Waals surface area contributed by atoms with E-state index in [2.05, 4.69) is 5.32 Å². The molecule has 1 heterocycles. The van der Waals surface area contributed by atoms with Gasteiger partial charge in [0.25, 0.3) is 5.91 Å². The summed E-state index contributed by atoms with van der Waals surface area (Å²) in [5.41, 5.74) is 2.64. The molecule has 5 rings (SSSR count). The van der Waals surface area contributed by atoms with Gasteiger partial charge in [0, 0.05) is 11.6 Å². The van der Waals surface area contributed by atoms with Crippen LogP contribution < -0.4 is 11.1 Å². The Bertz CT molecular complexity index is 1360. The number of phenolic OH excluding ortho intramolecular Hbond substituents is 1. The fourth-order valence-corrected chi connectivity index (χ4v) is 7.33. The molecule has 1 saturated carbocycles. The third-order valence-electron chi connectivity index (χ3n) is 8.81. The van der Waals surface area contributed by atoms with E-state index in [-0.39, 0.29) is 29.5 Å². The number of primary amides is 1. The molecule has 1 saturated heterocycles. The number of nitrogens with zero attached hydrogens (tertiary/aromatic N) is 1. The molecule has 1 aliphatic heterocycles. The molecular formula is C28H32F3N3O6. The van der Waals surface area contributed by atoms with Gasteiger partial charge in [-0.05, 0) is 81.3 Å². The second-order valence-corrected chi connectivity index (χ2v) is 11.2. The zero-order valence-electron chi connectivity index (χ0n) is 22.1. The van der Waals surface area contributed by atoms with Gasteiger partial charge in [-0.25, -0.2) is 0 Å². The summed E-state index contributed by atoms with van der Waals surface area (Å²) in [6.45, 7) is 2.83. The van der Waals surface area contributed by atoms with E-state index in [0.29, 0.717) is 32.4 Å². The van der Waals surface area contributed by atoms with Gasteiger partial charge in [0.2, 0.25) is 0 Å². The van der Waals surface area contributed by atoms with Crippen molar-refractivity contribution in [2.75, 3.05) is 20.1 Å². The van der Waals surface area contributed by atoms with E-state index < -0.39 is 87.5 Å². The number of aromatic hydroxyl groups is 1. The number of hydrogen-bond donors (Lipinski definition) is 5. The van der Waals surface area contributed by atoms with E-state index >= 15 is 0 Å². The van der Waals surface area contributed by atoms with Gasteiger partial charge in [-0.1, -0.05) is 6.92 Å².